The van der Waals surface area contributed by atoms with Crippen LogP contribution in [0.25, 0.3) is 0 Å². The van der Waals surface area contributed by atoms with Crippen LogP contribution in [0.1, 0.15) is 63.0 Å². The Kier molecular flexibility index (Phi) is 11.8. The fourth-order valence-electron chi connectivity index (χ4n) is 4.73. The molecule has 4 heteroatoms. The van der Waals surface area contributed by atoms with E-state index in [0.717, 1.165) is 24.0 Å². The lowest BCUT2D eigenvalue weighted by molar-refractivity contribution is -0.0864. The third-order valence-corrected chi connectivity index (χ3v) is 6.73. The SMILES string of the molecule is C=CCCCCCCCC(C)[C@@H]1O[C@H](CO)[C@@H](OCc2ccccc2)[C@@H]1OCc1ccccc1. The Balaban J connectivity index is 1.61. The van der Waals surface area contributed by atoms with E-state index in [2.05, 4.69) is 37.8 Å². The molecule has 186 valence electrons. The first-order chi connectivity index (χ1) is 16.7. The van der Waals surface area contributed by atoms with E-state index in [1.54, 1.807) is 0 Å². The van der Waals surface area contributed by atoms with Crippen molar-refractivity contribution in [2.75, 3.05) is 6.61 Å². The van der Waals surface area contributed by atoms with Gasteiger partial charge in [0.1, 0.15) is 18.3 Å². The van der Waals surface area contributed by atoms with Crippen molar-refractivity contribution in [1.82, 2.24) is 0 Å². The molecule has 0 amide bonds. The van der Waals surface area contributed by atoms with Crippen molar-refractivity contribution in [1.29, 1.82) is 0 Å². The quantitative estimate of drug-likeness (QED) is 0.227. The third-order valence-electron chi connectivity index (χ3n) is 6.73. The van der Waals surface area contributed by atoms with Crippen molar-refractivity contribution in [2.45, 2.75) is 89.5 Å². The van der Waals surface area contributed by atoms with E-state index in [4.69, 9.17) is 14.2 Å². The van der Waals surface area contributed by atoms with Crippen LogP contribution in [0.2, 0.25) is 0 Å². The number of aliphatic hydroxyl groups excluding tert-OH is 1. The summed E-state index contributed by atoms with van der Waals surface area (Å²) in [6.45, 7) is 6.95. The standard InChI is InChI=1S/C30H42O4/c1-3-4-5-6-7-8-11-16-24(2)28-30(33-23-26-19-14-10-15-20-26)29(27(21-31)34-28)32-22-25-17-12-9-13-18-25/h3,9-10,12-15,17-20,24,27-31H,1,4-8,11,16,21-23H2,2H3/t24?,27-,28+,29-,30-/m1/s1. The summed E-state index contributed by atoms with van der Waals surface area (Å²) in [5.41, 5.74) is 2.23. The zero-order valence-electron chi connectivity index (χ0n) is 20.7. The van der Waals surface area contributed by atoms with Crippen molar-refractivity contribution in [3.63, 3.8) is 0 Å². The molecule has 1 N–H and O–H groups in total. The highest BCUT2D eigenvalue weighted by Gasteiger charge is 2.47. The summed E-state index contributed by atoms with van der Waals surface area (Å²) in [6.07, 6.45) is 9.39. The van der Waals surface area contributed by atoms with Crippen LogP contribution in [0.3, 0.4) is 0 Å². The first kappa shape index (κ1) is 26.6. The molecular weight excluding hydrogens is 424 g/mol. The van der Waals surface area contributed by atoms with Gasteiger partial charge in [-0.1, -0.05) is 99.3 Å². The molecular formula is C30H42O4. The molecule has 1 saturated heterocycles. The molecule has 2 aromatic carbocycles. The Morgan fingerprint density at radius 2 is 1.41 bits per heavy atom. The topological polar surface area (TPSA) is 47.9 Å². The number of allylic oxidation sites excluding steroid dienone is 1. The zero-order chi connectivity index (χ0) is 24.0. The molecule has 0 radical (unpaired) electrons. The van der Waals surface area contributed by atoms with Crippen molar-refractivity contribution in [2.24, 2.45) is 5.92 Å². The van der Waals surface area contributed by atoms with E-state index in [1.165, 1.54) is 32.1 Å². The van der Waals surface area contributed by atoms with E-state index in [9.17, 15) is 5.11 Å². The maximum atomic E-state index is 10.1. The van der Waals surface area contributed by atoms with Gasteiger partial charge in [-0.3, -0.25) is 0 Å². The van der Waals surface area contributed by atoms with Gasteiger partial charge in [0.2, 0.25) is 0 Å². The second-order valence-corrected chi connectivity index (χ2v) is 9.46. The monoisotopic (exact) mass is 466 g/mol. The Morgan fingerprint density at radius 1 is 0.853 bits per heavy atom. The molecule has 1 fully saturated rings. The van der Waals surface area contributed by atoms with E-state index < -0.39 is 0 Å². The van der Waals surface area contributed by atoms with Crippen molar-refractivity contribution < 1.29 is 19.3 Å². The van der Waals surface area contributed by atoms with Gasteiger partial charge >= 0.3 is 0 Å². The van der Waals surface area contributed by atoms with Crippen LogP contribution in [0.15, 0.2) is 73.3 Å². The van der Waals surface area contributed by atoms with Gasteiger partial charge in [-0.05, 0) is 36.3 Å². The number of benzene rings is 2. The van der Waals surface area contributed by atoms with Crippen LogP contribution in [0, 0.1) is 5.92 Å². The minimum Gasteiger partial charge on any atom is -0.394 e. The van der Waals surface area contributed by atoms with Gasteiger partial charge in [0.15, 0.2) is 0 Å². The predicted molar refractivity (Wildman–Crippen MR) is 137 cm³/mol. The third kappa shape index (κ3) is 8.35. The summed E-state index contributed by atoms with van der Waals surface area (Å²) in [5, 5.41) is 10.1. The molecule has 1 heterocycles. The molecule has 0 bridgehead atoms. The van der Waals surface area contributed by atoms with E-state index in [0.29, 0.717) is 19.1 Å². The summed E-state index contributed by atoms with van der Waals surface area (Å²) in [7, 11) is 0. The minimum atomic E-state index is -0.379. The van der Waals surface area contributed by atoms with E-state index in [-0.39, 0.29) is 31.0 Å². The van der Waals surface area contributed by atoms with Crippen molar-refractivity contribution in [3.8, 4) is 0 Å². The van der Waals surface area contributed by atoms with Crippen LogP contribution in [0.5, 0.6) is 0 Å². The highest BCUT2D eigenvalue weighted by molar-refractivity contribution is 5.14. The van der Waals surface area contributed by atoms with E-state index in [1.807, 2.05) is 42.5 Å². The molecule has 1 aliphatic heterocycles. The number of hydrogen-bond donors (Lipinski definition) is 1. The average molecular weight is 467 g/mol. The highest BCUT2D eigenvalue weighted by Crippen LogP contribution is 2.34. The summed E-state index contributed by atoms with van der Waals surface area (Å²) in [5.74, 6) is 0.327. The van der Waals surface area contributed by atoms with Crippen molar-refractivity contribution >= 4 is 0 Å². The van der Waals surface area contributed by atoms with Gasteiger partial charge in [-0.15, -0.1) is 6.58 Å². The lowest BCUT2D eigenvalue weighted by Gasteiger charge is -2.28. The maximum absolute atomic E-state index is 10.1. The molecule has 2 aromatic rings. The van der Waals surface area contributed by atoms with Gasteiger partial charge in [0.25, 0.3) is 0 Å². The lowest BCUT2D eigenvalue weighted by atomic mass is 9.92. The molecule has 34 heavy (non-hydrogen) atoms. The maximum Gasteiger partial charge on any atom is 0.115 e. The van der Waals surface area contributed by atoms with Crippen LogP contribution in [-0.4, -0.2) is 36.1 Å². The molecule has 5 atom stereocenters. The average Bonchev–Trinajstić information content (AvgIpc) is 3.24. The van der Waals surface area contributed by atoms with Gasteiger partial charge in [-0.25, -0.2) is 0 Å². The summed E-state index contributed by atoms with van der Waals surface area (Å²) < 4.78 is 19.2. The number of aliphatic hydroxyl groups is 1. The largest absolute Gasteiger partial charge is 0.394 e. The second kappa shape index (κ2) is 15.1. The van der Waals surface area contributed by atoms with Crippen LogP contribution in [0.4, 0.5) is 0 Å². The van der Waals surface area contributed by atoms with E-state index >= 15 is 0 Å². The highest BCUT2D eigenvalue weighted by atomic mass is 16.6. The van der Waals surface area contributed by atoms with Gasteiger partial charge in [0.05, 0.1) is 25.9 Å². The molecule has 0 saturated carbocycles. The Hall–Kier alpha value is -1.98. The first-order valence-electron chi connectivity index (χ1n) is 12.9. The minimum absolute atomic E-state index is 0.0722. The second-order valence-electron chi connectivity index (χ2n) is 9.46. The number of unbranched alkanes of at least 4 members (excludes halogenated alkanes) is 5. The predicted octanol–water partition coefficient (Wildman–Crippen LogP) is 6.47. The zero-order valence-corrected chi connectivity index (χ0v) is 20.7. The smallest absolute Gasteiger partial charge is 0.115 e. The van der Waals surface area contributed by atoms with Crippen LogP contribution in [-0.2, 0) is 27.4 Å². The fourth-order valence-corrected chi connectivity index (χ4v) is 4.73. The number of rotatable bonds is 16. The van der Waals surface area contributed by atoms with Gasteiger partial charge < -0.3 is 19.3 Å². The molecule has 3 rings (SSSR count). The first-order valence-corrected chi connectivity index (χ1v) is 12.9. The fraction of sp³-hybridized carbons (Fsp3) is 0.533. The molecule has 0 aromatic heterocycles. The Morgan fingerprint density at radius 3 is 2.00 bits per heavy atom. The lowest BCUT2D eigenvalue weighted by Crippen LogP contribution is -2.40. The number of ether oxygens (including phenoxy) is 3. The molecule has 4 nitrogen and oxygen atoms in total. The van der Waals surface area contributed by atoms with Crippen LogP contribution < -0.4 is 0 Å². The summed E-state index contributed by atoms with van der Waals surface area (Å²) >= 11 is 0. The van der Waals surface area contributed by atoms with Crippen molar-refractivity contribution in [3.05, 3.63) is 84.4 Å². The normalized spacial score (nSPS) is 23.1. The molecule has 0 aliphatic carbocycles. The Bertz CT molecular complexity index is 794. The molecule has 1 unspecified atom stereocenters. The van der Waals surface area contributed by atoms with Crippen LogP contribution >= 0.6 is 0 Å². The summed E-state index contributed by atoms with van der Waals surface area (Å²) in [4.78, 5) is 0. The molecule has 1 aliphatic rings. The van der Waals surface area contributed by atoms with Gasteiger partial charge in [0, 0.05) is 0 Å². The summed E-state index contributed by atoms with van der Waals surface area (Å²) in [6, 6.07) is 20.3. The number of hydrogen-bond acceptors (Lipinski definition) is 4. The van der Waals surface area contributed by atoms with Gasteiger partial charge in [-0.2, -0.15) is 0 Å². The Labute approximate surface area is 205 Å². The molecule has 0 spiro atoms.